The van der Waals surface area contributed by atoms with Gasteiger partial charge in [-0.2, -0.15) is 5.10 Å². The van der Waals surface area contributed by atoms with Gasteiger partial charge in [-0.05, 0) is 54.6 Å². The molecule has 0 spiro atoms. The molecule has 0 aromatic heterocycles. The van der Waals surface area contributed by atoms with Crippen molar-refractivity contribution in [3.63, 3.8) is 0 Å². The Bertz CT molecular complexity index is 1180. The second-order valence-corrected chi connectivity index (χ2v) is 7.19. The lowest BCUT2D eigenvalue weighted by molar-refractivity contribution is -0.385. The van der Waals surface area contributed by atoms with Crippen molar-refractivity contribution >= 4 is 39.7 Å². The Morgan fingerprint density at radius 1 is 1.03 bits per heavy atom. The molecule has 0 fully saturated rings. The number of hydrogen-bond acceptors (Lipinski definition) is 7. The molecule has 162 valence electrons. The molecule has 0 saturated carbocycles. The SMILES string of the molecule is COc1ccc(C(=O)N/N=C/c2cccc([N+](=O)[O-])c2OC(=O)c2ccc(Br)cc2)cc1. The number of hydrogen-bond donors (Lipinski definition) is 1. The molecular weight excluding hydrogens is 482 g/mol. The van der Waals surface area contributed by atoms with Gasteiger partial charge in [0.25, 0.3) is 5.91 Å². The fraction of sp³-hybridized carbons (Fsp3) is 0.0455. The zero-order valence-electron chi connectivity index (χ0n) is 16.7. The van der Waals surface area contributed by atoms with Crippen LogP contribution >= 0.6 is 15.9 Å². The van der Waals surface area contributed by atoms with Crippen molar-refractivity contribution in [2.24, 2.45) is 5.10 Å². The van der Waals surface area contributed by atoms with Gasteiger partial charge in [-0.1, -0.05) is 22.0 Å². The maximum absolute atomic E-state index is 12.5. The molecular formula is C22H16BrN3O6. The van der Waals surface area contributed by atoms with Gasteiger partial charge in [0.15, 0.2) is 0 Å². The molecule has 3 rings (SSSR count). The van der Waals surface area contributed by atoms with Crippen molar-refractivity contribution < 1.29 is 24.0 Å². The van der Waals surface area contributed by atoms with Crippen molar-refractivity contribution in [3.8, 4) is 11.5 Å². The largest absolute Gasteiger partial charge is 0.497 e. The molecule has 3 aromatic rings. The van der Waals surface area contributed by atoms with Gasteiger partial charge >= 0.3 is 11.7 Å². The van der Waals surface area contributed by atoms with Crippen LogP contribution in [0.3, 0.4) is 0 Å². The molecule has 3 aromatic carbocycles. The molecule has 10 heteroatoms. The van der Waals surface area contributed by atoms with E-state index in [1.165, 1.54) is 43.7 Å². The Morgan fingerprint density at radius 2 is 1.69 bits per heavy atom. The molecule has 0 heterocycles. The first-order valence-electron chi connectivity index (χ1n) is 9.11. The monoisotopic (exact) mass is 497 g/mol. The number of nitro benzene ring substituents is 1. The lowest BCUT2D eigenvalue weighted by atomic mass is 10.2. The van der Waals surface area contributed by atoms with E-state index in [2.05, 4.69) is 26.5 Å². The number of hydrazone groups is 1. The third-order valence-corrected chi connectivity index (χ3v) is 4.75. The summed E-state index contributed by atoms with van der Waals surface area (Å²) in [5.41, 5.74) is 2.60. The lowest BCUT2D eigenvalue weighted by Gasteiger charge is -2.08. The topological polar surface area (TPSA) is 120 Å². The van der Waals surface area contributed by atoms with Gasteiger partial charge in [-0.15, -0.1) is 0 Å². The number of halogens is 1. The Balaban J connectivity index is 1.81. The number of nitrogens with one attached hydrogen (secondary N) is 1. The maximum Gasteiger partial charge on any atom is 0.343 e. The van der Waals surface area contributed by atoms with Crippen molar-refractivity contribution in [3.05, 3.63) is 98.0 Å². The smallest absolute Gasteiger partial charge is 0.343 e. The minimum absolute atomic E-state index is 0.139. The van der Waals surface area contributed by atoms with Crippen LogP contribution in [0.25, 0.3) is 0 Å². The predicted octanol–water partition coefficient (Wildman–Crippen LogP) is 4.35. The molecule has 0 saturated heterocycles. The molecule has 0 radical (unpaired) electrons. The van der Waals surface area contributed by atoms with Gasteiger partial charge in [0.05, 0.1) is 23.8 Å². The van der Waals surface area contributed by atoms with E-state index in [1.807, 2.05) is 0 Å². The summed E-state index contributed by atoms with van der Waals surface area (Å²) in [6.45, 7) is 0. The molecule has 0 aliphatic carbocycles. The van der Waals surface area contributed by atoms with Gasteiger partial charge in [-0.25, -0.2) is 10.2 Å². The highest BCUT2D eigenvalue weighted by Crippen LogP contribution is 2.31. The maximum atomic E-state index is 12.5. The first-order valence-corrected chi connectivity index (χ1v) is 9.91. The van der Waals surface area contributed by atoms with Gasteiger partial charge in [0.1, 0.15) is 5.75 Å². The van der Waals surface area contributed by atoms with Crippen LogP contribution in [0.1, 0.15) is 26.3 Å². The normalized spacial score (nSPS) is 10.6. The molecule has 0 unspecified atom stereocenters. The lowest BCUT2D eigenvalue weighted by Crippen LogP contribution is -2.17. The van der Waals surface area contributed by atoms with Crippen LogP contribution in [-0.2, 0) is 0 Å². The van der Waals surface area contributed by atoms with E-state index >= 15 is 0 Å². The number of para-hydroxylation sites is 1. The Kier molecular flexibility index (Phi) is 7.29. The van der Waals surface area contributed by atoms with Crippen molar-refractivity contribution in [2.75, 3.05) is 7.11 Å². The molecule has 0 atom stereocenters. The minimum Gasteiger partial charge on any atom is -0.497 e. The summed E-state index contributed by atoms with van der Waals surface area (Å²) >= 11 is 3.27. The number of benzene rings is 3. The number of carbonyl (C=O) groups excluding carboxylic acids is 2. The number of nitro groups is 1. The van der Waals surface area contributed by atoms with Crippen LogP contribution in [0.2, 0.25) is 0 Å². The zero-order valence-corrected chi connectivity index (χ0v) is 18.2. The number of carbonyl (C=O) groups is 2. The number of amides is 1. The predicted molar refractivity (Wildman–Crippen MR) is 120 cm³/mol. The minimum atomic E-state index is -0.774. The molecule has 0 bridgehead atoms. The van der Waals surface area contributed by atoms with Crippen LogP contribution in [-0.4, -0.2) is 30.1 Å². The van der Waals surface area contributed by atoms with Gasteiger partial charge in [0.2, 0.25) is 5.75 Å². The van der Waals surface area contributed by atoms with Crippen molar-refractivity contribution in [1.82, 2.24) is 5.43 Å². The van der Waals surface area contributed by atoms with Crippen LogP contribution in [0, 0.1) is 10.1 Å². The van der Waals surface area contributed by atoms with E-state index in [0.29, 0.717) is 11.3 Å². The fourth-order valence-electron chi connectivity index (χ4n) is 2.60. The molecule has 9 nitrogen and oxygen atoms in total. The third kappa shape index (κ3) is 5.55. The molecule has 1 amide bonds. The molecule has 0 aliphatic heterocycles. The van der Waals surface area contributed by atoms with Crippen LogP contribution in [0.15, 0.2) is 76.3 Å². The van der Waals surface area contributed by atoms with E-state index in [9.17, 15) is 19.7 Å². The van der Waals surface area contributed by atoms with E-state index < -0.39 is 22.5 Å². The standard InChI is InChI=1S/C22H16BrN3O6/c1-31-18-11-7-14(8-12-18)21(27)25-24-13-16-3-2-4-19(26(29)30)20(16)32-22(28)15-5-9-17(23)10-6-15/h2-13H,1H3,(H,25,27)/b24-13+. The van der Waals surface area contributed by atoms with Crippen LogP contribution < -0.4 is 14.9 Å². The van der Waals surface area contributed by atoms with E-state index in [-0.39, 0.29) is 16.9 Å². The molecule has 32 heavy (non-hydrogen) atoms. The quantitative estimate of drug-likeness (QED) is 0.170. The van der Waals surface area contributed by atoms with Gasteiger partial charge in [0, 0.05) is 21.7 Å². The highest BCUT2D eigenvalue weighted by atomic mass is 79.9. The average Bonchev–Trinajstić information content (AvgIpc) is 2.80. The Hall–Kier alpha value is -4.05. The summed E-state index contributed by atoms with van der Waals surface area (Å²) in [6.07, 6.45) is 1.17. The summed E-state index contributed by atoms with van der Waals surface area (Å²) in [6, 6.07) is 16.8. The summed E-state index contributed by atoms with van der Waals surface area (Å²) < 4.78 is 11.1. The molecule has 0 aliphatic rings. The second kappa shape index (κ2) is 10.3. The van der Waals surface area contributed by atoms with Crippen molar-refractivity contribution in [2.45, 2.75) is 0 Å². The number of rotatable bonds is 7. The highest BCUT2D eigenvalue weighted by Gasteiger charge is 2.22. The number of methoxy groups -OCH3 is 1. The number of nitrogens with zero attached hydrogens (tertiary/aromatic N) is 2. The number of ether oxygens (including phenoxy) is 2. The second-order valence-electron chi connectivity index (χ2n) is 6.28. The summed E-state index contributed by atoms with van der Waals surface area (Å²) in [7, 11) is 1.51. The van der Waals surface area contributed by atoms with Gasteiger partial charge < -0.3 is 9.47 Å². The van der Waals surface area contributed by atoms with Crippen LogP contribution in [0.5, 0.6) is 11.5 Å². The first kappa shape index (κ1) is 22.6. The summed E-state index contributed by atoms with van der Waals surface area (Å²) in [5.74, 6) is -0.960. The number of esters is 1. The van der Waals surface area contributed by atoms with Crippen molar-refractivity contribution in [1.29, 1.82) is 0 Å². The first-order chi connectivity index (χ1) is 15.4. The third-order valence-electron chi connectivity index (χ3n) is 4.22. The Labute approximate surface area is 190 Å². The summed E-state index contributed by atoms with van der Waals surface area (Å²) in [5, 5.41) is 15.3. The van der Waals surface area contributed by atoms with E-state index in [1.54, 1.807) is 36.4 Å². The van der Waals surface area contributed by atoms with E-state index in [4.69, 9.17) is 9.47 Å². The summed E-state index contributed by atoms with van der Waals surface area (Å²) in [4.78, 5) is 35.5. The van der Waals surface area contributed by atoms with Gasteiger partial charge in [-0.3, -0.25) is 14.9 Å². The van der Waals surface area contributed by atoms with Crippen LogP contribution in [0.4, 0.5) is 5.69 Å². The highest BCUT2D eigenvalue weighted by molar-refractivity contribution is 9.10. The van der Waals surface area contributed by atoms with E-state index in [0.717, 1.165) is 4.47 Å². The zero-order chi connectivity index (χ0) is 23.1. The Morgan fingerprint density at radius 3 is 2.31 bits per heavy atom. The average molecular weight is 498 g/mol. The fourth-order valence-corrected chi connectivity index (χ4v) is 2.87. The molecule has 1 N–H and O–H groups in total.